The van der Waals surface area contributed by atoms with E-state index in [9.17, 15) is 22.8 Å². The van der Waals surface area contributed by atoms with Gasteiger partial charge in [-0.25, -0.2) is 4.79 Å². The van der Waals surface area contributed by atoms with Crippen LogP contribution in [0.25, 0.3) is 0 Å². The second-order valence-electron chi connectivity index (χ2n) is 5.51. The van der Waals surface area contributed by atoms with Crippen molar-refractivity contribution in [3.8, 4) is 0 Å². The number of carbonyl (C=O) groups excluding carboxylic acids is 2. The van der Waals surface area contributed by atoms with Crippen LogP contribution in [0.2, 0.25) is 0 Å². The number of carbonyl (C=O) groups is 2. The van der Waals surface area contributed by atoms with Gasteiger partial charge in [-0.1, -0.05) is 6.92 Å². The number of alkyl halides is 3. The number of rotatable bonds is 3. The summed E-state index contributed by atoms with van der Waals surface area (Å²) in [4.78, 5) is 27.1. The van der Waals surface area contributed by atoms with Crippen LogP contribution in [0.5, 0.6) is 0 Å². The highest BCUT2D eigenvalue weighted by atomic mass is 19.4. The molecule has 0 spiro atoms. The van der Waals surface area contributed by atoms with Crippen molar-refractivity contribution in [2.75, 3.05) is 38.0 Å². The minimum atomic E-state index is -4.63. The quantitative estimate of drug-likeness (QED) is 0.880. The number of amides is 3. The molecular weight excluding hydrogens is 325 g/mol. The average molecular weight is 344 g/mol. The number of primary amides is 1. The number of nitrogens with zero attached hydrogens (tertiary/aromatic N) is 2. The number of hydrogen-bond acceptors (Lipinski definition) is 3. The van der Waals surface area contributed by atoms with Gasteiger partial charge in [-0.3, -0.25) is 4.79 Å². The van der Waals surface area contributed by atoms with Gasteiger partial charge in [0.05, 0.1) is 5.56 Å². The van der Waals surface area contributed by atoms with Crippen molar-refractivity contribution in [3.05, 3.63) is 29.3 Å². The highest BCUT2D eigenvalue weighted by Gasteiger charge is 2.32. The zero-order valence-corrected chi connectivity index (χ0v) is 13.2. The molecule has 0 atom stereocenters. The Kier molecular flexibility index (Phi) is 5.33. The smallest absolute Gasteiger partial charge is 0.351 e. The monoisotopic (exact) mass is 344 g/mol. The van der Waals surface area contributed by atoms with E-state index >= 15 is 0 Å². The van der Waals surface area contributed by atoms with E-state index in [0.717, 1.165) is 18.7 Å². The molecule has 3 N–H and O–H groups in total. The Bertz CT molecular complexity index is 626. The number of halogens is 3. The van der Waals surface area contributed by atoms with Gasteiger partial charge in [0.15, 0.2) is 0 Å². The van der Waals surface area contributed by atoms with Crippen LogP contribution in [0.15, 0.2) is 18.2 Å². The SMILES string of the molecule is CCN1CCN(C(=O)c2cc(NC(N)=O)cc(C(F)(F)F)c2)CC1. The fourth-order valence-corrected chi connectivity index (χ4v) is 2.58. The number of anilines is 1. The van der Waals surface area contributed by atoms with Gasteiger partial charge in [0.2, 0.25) is 0 Å². The second-order valence-corrected chi connectivity index (χ2v) is 5.51. The normalized spacial score (nSPS) is 16.1. The zero-order valence-electron chi connectivity index (χ0n) is 13.2. The van der Waals surface area contributed by atoms with Gasteiger partial charge in [-0.05, 0) is 24.7 Å². The first-order valence-corrected chi connectivity index (χ1v) is 7.51. The third-order valence-corrected chi connectivity index (χ3v) is 3.88. The lowest BCUT2D eigenvalue weighted by Gasteiger charge is -2.34. The number of likely N-dealkylation sites (N-methyl/N-ethyl adjacent to an activating group) is 1. The lowest BCUT2D eigenvalue weighted by Crippen LogP contribution is -2.48. The van der Waals surface area contributed by atoms with Gasteiger partial charge in [0.1, 0.15) is 0 Å². The summed E-state index contributed by atoms with van der Waals surface area (Å²) in [7, 11) is 0. The van der Waals surface area contributed by atoms with Crippen molar-refractivity contribution >= 4 is 17.6 Å². The van der Waals surface area contributed by atoms with E-state index in [-0.39, 0.29) is 11.3 Å². The molecule has 0 unspecified atom stereocenters. The number of nitrogens with one attached hydrogen (secondary N) is 1. The Labute approximate surface area is 137 Å². The molecule has 132 valence electrons. The first-order valence-electron chi connectivity index (χ1n) is 7.51. The fraction of sp³-hybridized carbons (Fsp3) is 0.467. The molecule has 0 saturated carbocycles. The predicted octanol–water partition coefficient (Wildman–Crippen LogP) is 1.97. The van der Waals surface area contributed by atoms with Crippen molar-refractivity contribution in [1.82, 2.24) is 9.80 Å². The van der Waals surface area contributed by atoms with E-state index < -0.39 is 23.7 Å². The van der Waals surface area contributed by atoms with Gasteiger partial charge in [-0.2, -0.15) is 13.2 Å². The van der Waals surface area contributed by atoms with Gasteiger partial charge in [0, 0.05) is 37.4 Å². The van der Waals surface area contributed by atoms with Crippen LogP contribution in [-0.4, -0.2) is 54.5 Å². The Morgan fingerprint density at radius 3 is 2.29 bits per heavy atom. The summed E-state index contributed by atoms with van der Waals surface area (Å²) in [6.45, 7) is 5.11. The summed E-state index contributed by atoms with van der Waals surface area (Å²) in [5.74, 6) is -0.496. The van der Waals surface area contributed by atoms with Crippen LogP contribution in [0.4, 0.5) is 23.7 Å². The zero-order chi connectivity index (χ0) is 17.9. The van der Waals surface area contributed by atoms with Crippen LogP contribution < -0.4 is 11.1 Å². The van der Waals surface area contributed by atoms with Gasteiger partial charge >= 0.3 is 12.2 Å². The topological polar surface area (TPSA) is 78.7 Å². The average Bonchev–Trinajstić information content (AvgIpc) is 2.52. The Morgan fingerprint density at radius 2 is 1.79 bits per heavy atom. The van der Waals surface area contributed by atoms with Gasteiger partial charge < -0.3 is 20.9 Å². The van der Waals surface area contributed by atoms with Crippen molar-refractivity contribution in [2.24, 2.45) is 5.73 Å². The molecule has 1 aliphatic heterocycles. The van der Waals surface area contributed by atoms with Crippen molar-refractivity contribution in [2.45, 2.75) is 13.1 Å². The predicted molar refractivity (Wildman–Crippen MR) is 82.7 cm³/mol. The summed E-state index contributed by atoms with van der Waals surface area (Å²) < 4.78 is 39.0. The maximum atomic E-state index is 13.0. The standard InChI is InChI=1S/C15H19F3N4O2/c1-2-21-3-5-22(6-4-21)13(23)10-7-11(15(16,17)18)9-12(8-10)20-14(19)24/h7-9H,2-6H2,1H3,(H3,19,20,24). The molecule has 1 aromatic carbocycles. The summed E-state index contributed by atoms with van der Waals surface area (Å²) >= 11 is 0. The third kappa shape index (κ3) is 4.38. The molecule has 1 fully saturated rings. The van der Waals surface area contributed by atoms with Crippen LogP contribution in [0.1, 0.15) is 22.8 Å². The molecule has 1 aliphatic rings. The highest BCUT2D eigenvalue weighted by Crippen LogP contribution is 2.32. The minimum absolute atomic E-state index is 0.126. The van der Waals surface area contributed by atoms with E-state index in [1.807, 2.05) is 6.92 Å². The van der Waals surface area contributed by atoms with Crippen LogP contribution in [-0.2, 0) is 6.18 Å². The van der Waals surface area contributed by atoms with Gasteiger partial charge in [-0.15, -0.1) is 0 Å². The summed E-state index contributed by atoms with van der Waals surface area (Å²) in [5, 5.41) is 2.09. The number of nitrogens with two attached hydrogens (primary N) is 1. The highest BCUT2D eigenvalue weighted by molar-refractivity contribution is 5.97. The van der Waals surface area contributed by atoms with E-state index in [1.54, 1.807) is 0 Å². The lowest BCUT2D eigenvalue weighted by molar-refractivity contribution is -0.137. The van der Waals surface area contributed by atoms with E-state index in [1.165, 1.54) is 11.0 Å². The fourth-order valence-electron chi connectivity index (χ4n) is 2.58. The van der Waals surface area contributed by atoms with Crippen LogP contribution >= 0.6 is 0 Å². The number of benzene rings is 1. The van der Waals surface area contributed by atoms with E-state index in [4.69, 9.17) is 5.73 Å². The summed E-state index contributed by atoms with van der Waals surface area (Å²) in [6, 6.07) is 1.75. The Morgan fingerprint density at radius 1 is 1.17 bits per heavy atom. The molecule has 3 amide bonds. The molecule has 6 nitrogen and oxygen atoms in total. The van der Waals surface area contributed by atoms with E-state index in [0.29, 0.717) is 26.2 Å². The first kappa shape index (κ1) is 18.1. The third-order valence-electron chi connectivity index (χ3n) is 3.88. The molecule has 0 aromatic heterocycles. The molecule has 1 heterocycles. The number of urea groups is 1. The largest absolute Gasteiger partial charge is 0.416 e. The Hall–Kier alpha value is -2.29. The molecule has 0 aliphatic carbocycles. The van der Waals surface area contributed by atoms with Crippen LogP contribution in [0, 0.1) is 0 Å². The van der Waals surface area contributed by atoms with Crippen molar-refractivity contribution in [3.63, 3.8) is 0 Å². The first-order chi connectivity index (χ1) is 11.2. The number of piperazine rings is 1. The Balaban J connectivity index is 2.27. The number of hydrogen-bond donors (Lipinski definition) is 2. The molecule has 2 rings (SSSR count). The second kappa shape index (κ2) is 7.08. The van der Waals surface area contributed by atoms with E-state index in [2.05, 4.69) is 10.2 Å². The maximum Gasteiger partial charge on any atom is 0.416 e. The van der Waals surface area contributed by atoms with Crippen LogP contribution in [0.3, 0.4) is 0 Å². The molecular formula is C15H19F3N4O2. The summed E-state index contributed by atoms with van der Waals surface area (Å²) in [5.41, 5.74) is 3.66. The lowest BCUT2D eigenvalue weighted by atomic mass is 10.1. The minimum Gasteiger partial charge on any atom is -0.351 e. The molecule has 24 heavy (non-hydrogen) atoms. The van der Waals surface area contributed by atoms with Gasteiger partial charge in [0.25, 0.3) is 5.91 Å². The molecule has 9 heteroatoms. The molecule has 0 radical (unpaired) electrons. The van der Waals surface area contributed by atoms with Crippen molar-refractivity contribution in [1.29, 1.82) is 0 Å². The van der Waals surface area contributed by atoms with Crippen molar-refractivity contribution < 1.29 is 22.8 Å². The maximum absolute atomic E-state index is 13.0. The summed E-state index contributed by atoms with van der Waals surface area (Å²) in [6.07, 6.45) is -4.63. The molecule has 1 aromatic rings. The molecule has 0 bridgehead atoms. The molecule has 1 saturated heterocycles.